The number of nitrogens with zero attached hydrogens (tertiary/aromatic N) is 1. The molecular formula is C45H38FN5O7. The van der Waals surface area contributed by atoms with Crippen LogP contribution in [0.2, 0.25) is 0 Å². The summed E-state index contributed by atoms with van der Waals surface area (Å²) in [6.45, 7) is -0.498. The lowest BCUT2D eigenvalue weighted by molar-refractivity contribution is -0.142. The Morgan fingerprint density at radius 1 is 0.776 bits per heavy atom. The van der Waals surface area contributed by atoms with E-state index in [1.165, 1.54) is 54.9 Å². The van der Waals surface area contributed by atoms with Crippen LogP contribution in [0, 0.1) is 17.7 Å². The molecule has 2 aliphatic heterocycles. The molecule has 5 N–H and O–H groups in total. The second-order valence-electron chi connectivity index (χ2n) is 13.2. The van der Waals surface area contributed by atoms with E-state index in [9.17, 15) is 33.5 Å². The van der Waals surface area contributed by atoms with Gasteiger partial charge in [0.25, 0.3) is 11.8 Å². The van der Waals surface area contributed by atoms with Gasteiger partial charge in [-0.3, -0.25) is 24.2 Å². The molecule has 0 spiro atoms. The number of benzene rings is 4. The summed E-state index contributed by atoms with van der Waals surface area (Å²) in [7, 11) is 0. The van der Waals surface area contributed by atoms with Gasteiger partial charge in [0.15, 0.2) is 12.6 Å². The van der Waals surface area contributed by atoms with Crippen LogP contribution in [0.5, 0.6) is 5.75 Å². The maximum atomic E-state index is 14.7. The van der Waals surface area contributed by atoms with Gasteiger partial charge in [0.05, 0.1) is 0 Å². The summed E-state index contributed by atoms with van der Waals surface area (Å²) in [6, 6.07) is 26.4. The standard InChI is InChI=1S/C45H38FN5O7/c46-36-9-5-4-8-34(36)17-21-38-43(54)51-40(45(56)57)27-31-12-18-35(19-13-31)58-28-41(52)48-37(20-14-29-22-24-47-25-23-29)42(53)50-39(44(55)49-38)26-30-10-15-33(16-11-30)32-6-2-1-3-7-32/h1-13,15-19,21-25,37-40H,26-28H2,(H,48,52)(H,49,55)(H,50,53)(H,51,54)(H,56,57)/b21-17+/t37-,38-,39+,40-/m0/s1. The van der Waals surface area contributed by atoms with Gasteiger partial charge in [0.2, 0.25) is 11.8 Å². The van der Waals surface area contributed by atoms with E-state index in [1.807, 2.05) is 42.5 Å². The molecule has 7 rings (SSSR count). The van der Waals surface area contributed by atoms with E-state index >= 15 is 0 Å². The van der Waals surface area contributed by atoms with E-state index < -0.39 is 66.2 Å². The number of hydrogen-bond donors (Lipinski definition) is 5. The number of nitrogens with one attached hydrogen (secondary N) is 4. The van der Waals surface area contributed by atoms with Crippen molar-refractivity contribution >= 4 is 35.7 Å². The lowest BCUT2D eigenvalue weighted by Gasteiger charge is -2.24. The van der Waals surface area contributed by atoms with Crippen molar-refractivity contribution in [3.8, 4) is 28.7 Å². The first-order valence-electron chi connectivity index (χ1n) is 18.2. The Hall–Kier alpha value is -7.59. The fraction of sp³-hybridized carbons (Fsp3) is 0.156. The van der Waals surface area contributed by atoms with E-state index in [2.05, 4.69) is 38.1 Å². The summed E-state index contributed by atoms with van der Waals surface area (Å²) in [4.78, 5) is 71.7. The smallest absolute Gasteiger partial charge is 0.326 e. The van der Waals surface area contributed by atoms with Crippen molar-refractivity contribution in [2.45, 2.75) is 37.0 Å². The normalized spacial score (nSPS) is 19.1. The van der Waals surface area contributed by atoms with Gasteiger partial charge in [-0.1, -0.05) is 109 Å². The van der Waals surface area contributed by atoms with E-state index in [-0.39, 0.29) is 24.2 Å². The summed E-state index contributed by atoms with van der Waals surface area (Å²) in [5, 5.41) is 20.4. The molecule has 0 saturated heterocycles. The van der Waals surface area contributed by atoms with Crippen molar-refractivity contribution in [2.24, 2.45) is 0 Å². The zero-order chi connectivity index (χ0) is 40.9. The van der Waals surface area contributed by atoms with Crippen LogP contribution in [-0.4, -0.2) is 70.5 Å². The molecule has 4 aromatic carbocycles. The van der Waals surface area contributed by atoms with Crippen molar-refractivity contribution in [2.75, 3.05) is 6.61 Å². The van der Waals surface area contributed by atoms with Crippen LogP contribution >= 0.6 is 0 Å². The number of carbonyl (C=O) groups is 5. The van der Waals surface area contributed by atoms with Gasteiger partial charge in [-0.25, -0.2) is 9.18 Å². The maximum Gasteiger partial charge on any atom is 0.326 e. The number of ether oxygens (including phenoxy) is 1. The Labute approximate surface area is 333 Å². The molecule has 3 heterocycles. The number of rotatable bonds is 6. The molecular weight excluding hydrogens is 742 g/mol. The fourth-order valence-corrected chi connectivity index (χ4v) is 5.96. The minimum Gasteiger partial charge on any atom is -0.484 e. The van der Waals surface area contributed by atoms with Gasteiger partial charge in [-0.05, 0) is 52.6 Å². The molecule has 2 aliphatic rings. The van der Waals surface area contributed by atoms with E-state index in [0.29, 0.717) is 16.7 Å². The number of carboxylic acid groups (broad SMARTS) is 1. The molecule has 1 aromatic heterocycles. The molecule has 4 amide bonds. The van der Waals surface area contributed by atoms with Crippen molar-refractivity contribution in [1.29, 1.82) is 0 Å². The minimum absolute atomic E-state index is 0.0781. The number of pyridine rings is 1. The van der Waals surface area contributed by atoms with Crippen LogP contribution in [0.25, 0.3) is 17.2 Å². The SMILES string of the molecule is O=C1COc2ccc(cc2)C[C@@H](C(=O)O)NC(=O)[C@H](/C=C/c2ccccc2F)NC(=O)[C@@H](Cc2ccc(-c3ccccc3)cc2)NC(=O)[C@H](C#Cc2ccncc2)N1. The van der Waals surface area contributed by atoms with Gasteiger partial charge in [-0.2, -0.15) is 0 Å². The second kappa shape index (κ2) is 19.3. The molecule has 12 nitrogen and oxygen atoms in total. The van der Waals surface area contributed by atoms with Crippen molar-refractivity contribution < 1.29 is 38.2 Å². The summed E-state index contributed by atoms with van der Waals surface area (Å²) < 4.78 is 20.3. The zero-order valence-electron chi connectivity index (χ0n) is 30.9. The number of hydrogen-bond acceptors (Lipinski definition) is 7. The highest BCUT2D eigenvalue weighted by molar-refractivity contribution is 5.97. The van der Waals surface area contributed by atoms with Crippen molar-refractivity contribution in [3.05, 3.63) is 162 Å². The van der Waals surface area contributed by atoms with Crippen LogP contribution in [-0.2, 0) is 36.8 Å². The zero-order valence-corrected chi connectivity index (χ0v) is 30.9. The number of aliphatic carboxylic acids is 1. The topological polar surface area (TPSA) is 176 Å². The molecule has 58 heavy (non-hydrogen) atoms. The molecule has 0 radical (unpaired) electrons. The van der Waals surface area contributed by atoms with Gasteiger partial charge in [-0.15, -0.1) is 0 Å². The number of carbonyl (C=O) groups excluding carboxylic acids is 4. The number of aromatic nitrogens is 1. The molecule has 5 aromatic rings. The van der Waals surface area contributed by atoms with Crippen molar-refractivity contribution in [3.63, 3.8) is 0 Å². The summed E-state index contributed by atoms with van der Waals surface area (Å²) in [5.41, 5.74) is 3.64. The Morgan fingerprint density at radius 3 is 2.17 bits per heavy atom. The van der Waals surface area contributed by atoms with E-state index in [1.54, 1.807) is 42.5 Å². The van der Waals surface area contributed by atoms with Gasteiger partial charge < -0.3 is 31.1 Å². The first kappa shape index (κ1) is 40.1. The molecule has 4 atom stereocenters. The summed E-state index contributed by atoms with van der Waals surface area (Å²) in [5.74, 6) is 0.679. The van der Waals surface area contributed by atoms with Crippen LogP contribution in [0.4, 0.5) is 4.39 Å². The Morgan fingerprint density at radius 2 is 1.47 bits per heavy atom. The first-order chi connectivity index (χ1) is 28.1. The maximum absolute atomic E-state index is 14.7. The summed E-state index contributed by atoms with van der Waals surface area (Å²) >= 11 is 0. The first-order valence-corrected chi connectivity index (χ1v) is 18.2. The predicted octanol–water partition coefficient (Wildman–Crippen LogP) is 3.85. The lowest BCUT2D eigenvalue weighted by Crippen LogP contribution is -2.58. The summed E-state index contributed by atoms with van der Waals surface area (Å²) in [6.07, 6.45) is 5.34. The van der Waals surface area contributed by atoms with Crippen LogP contribution < -0.4 is 26.0 Å². The molecule has 13 heteroatoms. The average molecular weight is 780 g/mol. The highest BCUT2D eigenvalue weighted by Crippen LogP contribution is 2.20. The average Bonchev–Trinajstić information content (AvgIpc) is 3.24. The fourth-order valence-electron chi connectivity index (χ4n) is 5.96. The number of halogens is 1. The molecule has 2 bridgehead atoms. The van der Waals surface area contributed by atoms with Gasteiger partial charge in [0.1, 0.15) is 29.7 Å². The molecule has 0 unspecified atom stereocenters. The molecule has 0 fully saturated rings. The predicted molar refractivity (Wildman–Crippen MR) is 213 cm³/mol. The van der Waals surface area contributed by atoms with Crippen LogP contribution in [0.15, 0.2) is 134 Å². The third-order valence-electron chi connectivity index (χ3n) is 9.04. The van der Waals surface area contributed by atoms with Gasteiger partial charge >= 0.3 is 5.97 Å². The third-order valence-corrected chi connectivity index (χ3v) is 9.04. The van der Waals surface area contributed by atoms with Crippen LogP contribution in [0.3, 0.4) is 0 Å². The molecule has 292 valence electrons. The third kappa shape index (κ3) is 11.2. The van der Waals surface area contributed by atoms with E-state index in [4.69, 9.17) is 4.74 Å². The Bertz CT molecular complexity index is 2340. The quantitative estimate of drug-likeness (QED) is 0.128. The number of amides is 4. The monoisotopic (exact) mass is 779 g/mol. The van der Waals surface area contributed by atoms with Crippen LogP contribution in [0.1, 0.15) is 22.3 Å². The van der Waals surface area contributed by atoms with Gasteiger partial charge in [0, 0.05) is 36.4 Å². The Balaban J connectivity index is 1.37. The Kier molecular flexibility index (Phi) is 13.4. The number of fused-ring (bicyclic) bond motifs is 16. The number of carboxylic acids is 1. The lowest BCUT2D eigenvalue weighted by atomic mass is 9.99. The molecule has 0 saturated carbocycles. The van der Waals surface area contributed by atoms with Crippen molar-refractivity contribution in [1.82, 2.24) is 26.3 Å². The largest absolute Gasteiger partial charge is 0.484 e. The van der Waals surface area contributed by atoms with E-state index in [0.717, 1.165) is 11.1 Å². The second-order valence-corrected chi connectivity index (χ2v) is 13.2. The highest BCUT2D eigenvalue weighted by Gasteiger charge is 2.31. The highest BCUT2D eigenvalue weighted by atomic mass is 19.1. The molecule has 0 aliphatic carbocycles. The minimum atomic E-state index is -1.53.